The highest BCUT2D eigenvalue weighted by Gasteiger charge is 2.38. The number of carbonyl (C=O) groups excluding carboxylic acids is 2. The Balaban J connectivity index is 1.64. The minimum absolute atomic E-state index is 0.0698. The summed E-state index contributed by atoms with van der Waals surface area (Å²) >= 11 is 2.74. The Morgan fingerprint density at radius 2 is 0.853 bits per heavy atom. The second-order valence-corrected chi connectivity index (χ2v) is 9.97. The van der Waals surface area contributed by atoms with Gasteiger partial charge in [0.15, 0.2) is 11.6 Å². The first-order valence-corrected chi connectivity index (χ1v) is 12.0. The highest BCUT2D eigenvalue weighted by Crippen LogP contribution is 2.46. The third-order valence-electron chi connectivity index (χ3n) is 5.57. The molecule has 0 radical (unpaired) electrons. The summed E-state index contributed by atoms with van der Waals surface area (Å²) in [4.78, 5) is 30.3. The second-order valence-electron chi connectivity index (χ2n) is 7.74. The van der Waals surface area contributed by atoms with Gasteiger partial charge in [0.1, 0.15) is 0 Å². The molecule has 1 aliphatic rings. The minimum Gasteiger partial charge on any atom is -0.398 e. The van der Waals surface area contributed by atoms with Crippen LogP contribution in [-0.2, 0) is 0 Å². The standard InChI is InChI=1S/C26H20N4O2S2/c27-15-11-17(33-13-7-3-1-4-8-13)23(29)21-19(15)26(32)22-20(25(21)31)16(28)12-18(24(22)30)34-14-9-5-2-6-10-14/h1-12H,27-30H2. The molecule has 0 saturated carbocycles. The van der Waals surface area contributed by atoms with Gasteiger partial charge < -0.3 is 22.9 Å². The Bertz CT molecular complexity index is 1360. The molecule has 8 N–H and O–H groups in total. The van der Waals surface area contributed by atoms with Crippen LogP contribution in [0.4, 0.5) is 22.7 Å². The Morgan fingerprint density at radius 1 is 0.500 bits per heavy atom. The molecule has 0 aromatic heterocycles. The lowest BCUT2D eigenvalue weighted by atomic mass is 9.81. The van der Waals surface area contributed by atoms with Crippen LogP contribution in [0.25, 0.3) is 0 Å². The first-order chi connectivity index (χ1) is 16.4. The van der Waals surface area contributed by atoms with E-state index in [0.29, 0.717) is 9.79 Å². The van der Waals surface area contributed by atoms with Gasteiger partial charge in [0.25, 0.3) is 0 Å². The van der Waals surface area contributed by atoms with Crippen LogP contribution in [0.3, 0.4) is 0 Å². The number of hydrogen-bond donors (Lipinski definition) is 4. The van der Waals surface area contributed by atoms with Gasteiger partial charge in [-0.2, -0.15) is 0 Å². The van der Waals surface area contributed by atoms with Crippen LogP contribution >= 0.6 is 23.5 Å². The maximum atomic E-state index is 13.6. The third-order valence-corrected chi connectivity index (χ3v) is 7.70. The largest absolute Gasteiger partial charge is 0.398 e. The van der Waals surface area contributed by atoms with Crippen molar-refractivity contribution in [2.75, 3.05) is 22.9 Å². The van der Waals surface area contributed by atoms with Gasteiger partial charge in [0.2, 0.25) is 0 Å². The molecule has 34 heavy (non-hydrogen) atoms. The summed E-state index contributed by atoms with van der Waals surface area (Å²) in [7, 11) is 0. The first kappa shape index (κ1) is 21.9. The average Bonchev–Trinajstić information content (AvgIpc) is 2.83. The number of rotatable bonds is 4. The quantitative estimate of drug-likeness (QED) is 0.259. The van der Waals surface area contributed by atoms with Crippen LogP contribution in [-0.4, -0.2) is 11.6 Å². The lowest BCUT2D eigenvalue weighted by Crippen LogP contribution is -2.27. The number of fused-ring (bicyclic) bond motifs is 2. The van der Waals surface area contributed by atoms with Crippen molar-refractivity contribution < 1.29 is 9.59 Å². The number of anilines is 4. The van der Waals surface area contributed by atoms with E-state index in [1.165, 1.54) is 23.5 Å². The van der Waals surface area contributed by atoms with E-state index in [9.17, 15) is 9.59 Å². The molecular formula is C26H20N4O2S2. The van der Waals surface area contributed by atoms with E-state index in [1.54, 1.807) is 12.1 Å². The van der Waals surface area contributed by atoms with E-state index in [-0.39, 0.29) is 45.0 Å². The van der Waals surface area contributed by atoms with Crippen molar-refractivity contribution in [1.82, 2.24) is 0 Å². The number of hydrogen-bond acceptors (Lipinski definition) is 8. The van der Waals surface area contributed by atoms with Crippen molar-refractivity contribution in [2.24, 2.45) is 0 Å². The van der Waals surface area contributed by atoms with Crippen LogP contribution in [0.5, 0.6) is 0 Å². The van der Waals surface area contributed by atoms with Crippen molar-refractivity contribution in [3.63, 3.8) is 0 Å². The van der Waals surface area contributed by atoms with Gasteiger partial charge in [-0.1, -0.05) is 59.9 Å². The molecule has 0 unspecified atom stereocenters. The SMILES string of the molecule is Nc1cc(Sc2ccccc2)c(N)c2c1C(=O)c1c(N)c(Sc3ccccc3)cc(N)c1C2=O. The van der Waals surface area contributed by atoms with E-state index in [4.69, 9.17) is 22.9 Å². The summed E-state index contributed by atoms with van der Waals surface area (Å²) in [5.74, 6) is -0.908. The molecule has 4 aromatic rings. The topological polar surface area (TPSA) is 138 Å². The van der Waals surface area contributed by atoms with Gasteiger partial charge in [-0.05, 0) is 36.4 Å². The van der Waals surface area contributed by atoms with Crippen LogP contribution in [0, 0.1) is 0 Å². The van der Waals surface area contributed by atoms with Crippen LogP contribution in [0.15, 0.2) is 92.4 Å². The summed E-state index contributed by atoms with van der Waals surface area (Å²) in [6.07, 6.45) is 0. The summed E-state index contributed by atoms with van der Waals surface area (Å²) in [6.45, 7) is 0. The molecule has 0 bridgehead atoms. The van der Waals surface area contributed by atoms with Gasteiger partial charge in [0.05, 0.1) is 33.6 Å². The fourth-order valence-electron chi connectivity index (χ4n) is 4.00. The molecule has 0 atom stereocenters. The lowest BCUT2D eigenvalue weighted by Gasteiger charge is -2.25. The Labute approximate surface area is 204 Å². The molecule has 0 amide bonds. The molecule has 0 heterocycles. The van der Waals surface area contributed by atoms with Crippen molar-refractivity contribution in [2.45, 2.75) is 19.6 Å². The number of benzene rings is 4. The van der Waals surface area contributed by atoms with Crippen molar-refractivity contribution in [3.8, 4) is 0 Å². The second kappa shape index (κ2) is 8.48. The molecule has 6 nitrogen and oxygen atoms in total. The van der Waals surface area contributed by atoms with Crippen molar-refractivity contribution in [3.05, 3.63) is 95.1 Å². The smallest absolute Gasteiger partial charge is 0.198 e. The van der Waals surface area contributed by atoms with Gasteiger partial charge in [-0.25, -0.2) is 0 Å². The molecule has 0 aliphatic heterocycles. The van der Waals surface area contributed by atoms with E-state index in [1.807, 2.05) is 60.7 Å². The van der Waals surface area contributed by atoms with Crippen molar-refractivity contribution in [1.29, 1.82) is 0 Å². The molecule has 5 rings (SSSR count). The summed E-state index contributed by atoms with van der Waals surface area (Å²) in [5.41, 5.74) is 26.5. The Kier molecular flexibility index (Phi) is 5.47. The molecular weight excluding hydrogens is 464 g/mol. The van der Waals surface area contributed by atoms with E-state index >= 15 is 0 Å². The Hall–Kier alpha value is -3.88. The predicted molar refractivity (Wildman–Crippen MR) is 139 cm³/mol. The minimum atomic E-state index is -0.454. The van der Waals surface area contributed by atoms with Gasteiger partial charge in [-0.15, -0.1) is 0 Å². The molecule has 168 valence electrons. The van der Waals surface area contributed by atoms with E-state index in [0.717, 1.165) is 9.79 Å². The molecule has 0 saturated heterocycles. The van der Waals surface area contributed by atoms with Crippen LogP contribution in [0.2, 0.25) is 0 Å². The maximum Gasteiger partial charge on any atom is 0.198 e. The van der Waals surface area contributed by atoms with Gasteiger partial charge in [0, 0.05) is 31.0 Å². The van der Waals surface area contributed by atoms with E-state index < -0.39 is 11.6 Å². The monoisotopic (exact) mass is 484 g/mol. The first-order valence-electron chi connectivity index (χ1n) is 10.4. The van der Waals surface area contributed by atoms with Crippen LogP contribution in [0.1, 0.15) is 31.8 Å². The third kappa shape index (κ3) is 3.57. The normalized spacial score (nSPS) is 12.4. The number of nitrogens with two attached hydrogens (primary N) is 4. The lowest BCUT2D eigenvalue weighted by molar-refractivity contribution is 0.0981. The van der Waals surface area contributed by atoms with Gasteiger partial charge in [-0.3, -0.25) is 9.59 Å². The predicted octanol–water partition coefficient (Wildman–Crippen LogP) is 5.09. The van der Waals surface area contributed by atoms with E-state index in [2.05, 4.69) is 0 Å². The fourth-order valence-corrected chi connectivity index (χ4v) is 5.89. The number of ketones is 2. The number of carbonyl (C=O) groups is 2. The summed E-state index contributed by atoms with van der Waals surface area (Å²) < 4.78 is 0. The number of nitrogen functional groups attached to an aromatic ring is 4. The zero-order valence-electron chi connectivity index (χ0n) is 17.9. The summed E-state index contributed by atoms with van der Waals surface area (Å²) in [6, 6.07) is 22.4. The Morgan fingerprint density at radius 3 is 1.21 bits per heavy atom. The highest BCUT2D eigenvalue weighted by atomic mass is 32.2. The van der Waals surface area contributed by atoms with Crippen LogP contribution < -0.4 is 22.9 Å². The molecule has 0 spiro atoms. The molecule has 4 aromatic carbocycles. The van der Waals surface area contributed by atoms with Gasteiger partial charge >= 0.3 is 0 Å². The highest BCUT2D eigenvalue weighted by molar-refractivity contribution is 7.99. The maximum absolute atomic E-state index is 13.6. The zero-order chi connectivity index (χ0) is 24.0. The molecule has 8 heteroatoms. The molecule has 1 aliphatic carbocycles. The average molecular weight is 485 g/mol. The van der Waals surface area contributed by atoms with Crippen molar-refractivity contribution >= 4 is 57.8 Å². The fraction of sp³-hybridized carbons (Fsp3) is 0. The zero-order valence-corrected chi connectivity index (χ0v) is 19.5. The summed E-state index contributed by atoms with van der Waals surface area (Å²) in [5, 5.41) is 0. The molecule has 0 fully saturated rings.